The van der Waals surface area contributed by atoms with Gasteiger partial charge >= 0.3 is 0 Å². The van der Waals surface area contributed by atoms with Crippen molar-refractivity contribution < 1.29 is 9.53 Å². The van der Waals surface area contributed by atoms with E-state index in [0.717, 1.165) is 24.6 Å². The molecule has 3 rings (SSSR count). The van der Waals surface area contributed by atoms with Gasteiger partial charge in [-0.25, -0.2) is 4.98 Å². The third-order valence-electron chi connectivity index (χ3n) is 4.50. The molecule has 1 amide bonds. The van der Waals surface area contributed by atoms with Crippen molar-refractivity contribution in [2.75, 3.05) is 43.0 Å². The number of carbonyl (C=O) groups excluding carboxylic acids is 1. The van der Waals surface area contributed by atoms with Crippen LogP contribution >= 0.6 is 23.2 Å². The number of amides is 1. The van der Waals surface area contributed by atoms with Gasteiger partial charge < -0.3 is 20.3 Å². The number of hydrogen-bond donors (Lipinski definition) is 2. The van der Waals surface area contributed by atoms with Crippen molar-refractivity contribution in [3.05, 3.63) is 40.0 Å². The Kier molecular flexibility index (Phi) is 7.77. The Bertz CT molecular complexity index is 844. The molecule has 0 aliphatic carbocycles. The summed E-state index contributed by atoms with van der Waals surface area (Å²) < 4.78 is 5.41. The summed E-state index contributed by atoms with van der Waals surface area (Å²) in [4.78, 5) is 23.3. The van der Waals surface area contributed by atoms with Crippen LogP contribution in [0.1, 0.15) is 25.0 Å². The molecule has 9 heteroatoms. The first kappa shape index (κ1) is 21.5. The fourth-order valence-corrected chi connectivity index (χ4v) is 3.54. The molecule has 0 bridgehead atoms. The van der Waals surface area contributed by atoms with Gasteiger partial charge in [0.15, 0.2) is 6.61 Å². The van der Waals surface area contributed by atoms with E-state index < -0.39 is 0 Å². The maximum absolute atomic E-state index is 11.9. The van der Waals surface area contributed by atoms with Crippen molar-refractivity contribution in [1.82, 2.24) is 15.3 Å². The van der Waals surface area contributed by atoms with Crippen LogP contribution < -0.4 is 20.3 Å². The van der Waals surface area contributed by atoms with E-state index in [0.29, 0.717) is 34.8 Å². The molecular formula is C20H25Cl2N5O2. The normalized spacial score (nSPS) is 13.8. The number of aryl methyl sites for hydroxylation is 1. The van der Waals surface area contributed by atoms with Gasteiger partial charge in [-0.05, 0) is 44.4 Å². The van der Waals surface area contributed by atoms with Crippen LogP contribution in [0.2, 0.25) is 10.0 Å². The molecule has 29 heavy (non-hydrogen) atoms. The average Bonchev–Trinajstić information content (AvgIpc) is 2.71. The molecule has 0 saturated carbocycles. The molecule has 1 aromatic heterocycles. The third kappa shape index (κ3) is 6.65. The van der Waals surface area contributed by atoms with Gasteiger partial charge in [-0.3, -0.25) is 4.79 Å². The minimum atomic E-state index is -0.239. The first-order valence-corrected chi connectivity index (χ1v) is 10.5. The van der Waals surface area contributed by atoms with Gasteiger partial charge in [0, 0.05) is 43.0 Å². The summed E-state index contributed by atoms with van der Waals surface area (Å²) in [5.41, 5.74) is 0.917. The molecule has 2 heterocycles. The topological polar surface area (TPSA) is 79.4 Å². The van der Waals surface area contributed by atoms with Gasteiger partial charge in [0.25, 0.3) is 5.91 Å². The number of benzene rings is 1. The third-order valence-corrected chi connectivity index (χ3v) is 5.03. The van der Waals surface area contributed by atoms with Crippen LogP contribution in [0, 0.1) is 6.92 Å². The molecule has 1 saturated heterocycles. The summed E-state index contributed by atoms with van der Waals surface area (Å²) in [6.07, 6.45) is 3.67. The van der Waals surface area contributed by atoms with Crippen molar-refractivity contribution in [3.8, 4) is 5.75 Å². The first-order valence-electron chi connectivity index (χ1n) is 9.70. The predicted octanol–water partition coefficient (Wildman–Crippen LogP) is 3.69. The second-order valence-corrected chi connectivity index (χ2v) is 7.72. The number of halogens is 2. The minimum absolute atomic E-state index is 0.124. The standard InChI is InChI=1S/C20H25Cl2N5O2/c1-14-11-18(27-9-3-2-4-10-27)26-20(25-14)24-8-7-23-19(28)13-29-17-6-5-15(21)12-16(17)22/h5-6,11-12H,2-4,7-10,13H2,1H3,(H,23,28)(H,24,25,26). The molecule has 1 fully saturated rings. The molecule has 0 spiro atoms. The van der Waals surface area contributed by atoms with Gasteiger partial charge in [0.05, 0.1) is 5.02 Å². The number of nitrogens with one attached hydrogen (secondary N) is 2. The second kappa shape index (κ2) is 10.5. The van der Waals surface area contributed by atoms with Crippen LogP contribution in [0.25, 0.3) is 0 Å². The molecule has 0 unspecified atom stereocenters. The van der Waals surface area contributed by atoms with Crippen molar-refractivity contribution in [1.29, 1.82) is 0 Å². The SMILES string of the molecule is Cc1cc(N2CCCCC2)nc(NCCNC(=O)COc2ccc(Cl)cc2Cl)n1. The lowest BCUT2D eigenvalue weighted by molar-refractivity contribution is -0.123. The molecule has 1 aromatic carbocycles. The number of carbonyl (C=O) groups is 1. The smallest absolute Gasteiger partial charge is 0.258 e. The van der Waals surface area contributed by atoms with Gasteiger partial charge in [-0.1, -0.05) is 23.2 Å². The fraction of sp³-hybridized carbons (Fsp3) is 0.450. The molecule has 0 radical (unpaired) electrons. The molecule has 2 aromatic rings. The van der Waals surface area contributed by atoms with E-state index in [4.69, 9.17) is 27.9 Å². The van der Waals surface area contributed by atoms with E-state index >= 15 is 0 Å². The summed E-state index contributed by atoms with van der Waals surface area (Å²) >= 11 is 11.9. The number of rotatable bonds is 8. The zero-order valence-electron chi connectivity index (χ0n) is 16.4. The highest BCUT2D eigenvalue weighted by atomic mass is 35.5. The highest BCUT2D eigenvalue weighted by Crippen LogP contribution is 2.27. The Morgan fingerprint density at radius 1 is 1.14 bits per heavy atom. The van der Waals surface area contributed by atoms with Gasteiger partial charge in [0.1, 0.15) is 11.6 Å². The van der Waals surface area contributed by atoms with Gasteiger partial charge in [0.2, 0.25) is 5.95 Å². The van der Waals surface area contributed by atoms with Crippen LogP contribution in [0.15, 0.2) is 24.3 Å². The van der Waals surface area contributed by atoms with Crippen molar-refractivity contribution in [2.24, 2.45) is 0 Å². The molecule has 156 valence electrons. The van der Waals surface area contributed by atoms with Crippen LogP contribution in [-0.2, 0) is 4.79 Å². The Labute approximate surface area is 180 Å². The average molecular weight is 438 g/mol. The number of ether oxygens (including phenoxy) is 1. The van der Waals surface area contributed by atoms with Crippen LogP contribution in [0.4, 0.5) is 11.8 Å². The van der Waals surface area contributed by atoms with Gasteiger partial charge in [-0.2, -0.15) is 4.98 Å². The molecule has 1 aliphatic rings. The van der Waals surface area contributed by atoms with E-state index in [1.807, 2.05) is 13.0 Å². The summed E-state index contributed by atoms with van der Waals surface area (Å²) in [5, 5.41) is 6.84. The predicted molar refractivity (Wildman–Crippen MR) is 116 cm³/mol. The fourth-order valence-electron chi connectivity index (χ4n) is 3.08. The molecular weight excluding hydrogens is 413 g/mol. The van der Waals surface area contributed by atoms with Crippen LogP contribution in [-0.4, -0.2) is 48.7 Å². The number of hydrogen-bond acceptors (Lipinski definition) is 6. The number of piperidine rings is 1. The van der Waals surface area contributed by atoms with Crippen molar-refractivity contribution in [2.45, 2.75) is 26.2 Å². The largest absolute Gasteiger partial charge is 0.482 e. The van der Waals surface area contributed by atoms with E-state index in [9.17, 15) is 4.79 Å². The lowest BCUT2D eigenvalue weighted by Crippen LogP contribution is -2.33. The Morgan fingerprint density at radius 2 is 1.93 bits per heavy atom. The van der Waals surface area contributed by atoms with E-state index in [2.05, 4.69) is 25.5 Å². The Hall–Kier alpha value is -2.25. The van der Waals surface area contributed by atoms with Gasteiger partial charge in [-0.15, -0.1) is 0 Å². The Morgan fingerprint density at radius 3 is 2.69 bits per heavy atom. The zero-order chi connectivity index (χ0) is 20.6. The molecule has 2 N–H and O–H groups in total. The summed E-state index contributed by atoms with van der Waals surface area (Å²) in [5.74, 6) is 1.71. The summed E-state index contributed by atoms with van der Waals surface area (Å²) in [7, 11) is 0. The lowest BCUT2D eigenvalue weighted by atomic mass is 10.1. The summed E-state index contributed by atoms with van der Waals surface area (Å²) in [6, 6.07) is 6.87. The molecule has 7 nitrogen and oxygen atoms in total. The first-order chi connectivity index (χ1) is 14.0. The van der Waals surface area contributed by atoms with Crippen molar-refractivity contribution in [3.63, 3.8) is 0 Å². The lowest BCUT2D eigenvalue weighted by Gasteiger charge is -2.28. The Balaban J connectivity index is 1.41. The zero-order valence-corrected chi connectivity index (χ0v) is 17.9. The summed E-state index contributed by atoms with van der Waals surface area (Å²) in [6.45, 7) is 4.83. The number of nitrogens with zero attached hydrogens (tertiary/aromatic N) is 3. The minimum Gasteiger partial charge on any atom is -0.482 e. The molecule has 1 aliphatic heterocycles. The van der Waals surface area contributed by atoms with E-state index in [1.165, 1.54) is 19.3 Å². The maximum atomic E-state index is 11.9. The second-order valence-electron chi connectivity index (χ2n) is 6.88. The highest BCUT2D eigenvalue weighted by Gasteiger charge is 2.14. The monoisotopic (exact) mass is 437 g/mol. The quantitative estimate of drug-likeness (QED) is 0.612. The maximum Gasteiger partial charge on any atom is 0.258 e. The van der Waals surface area contributed by atoms with Crippen LogP contribution in [0.3, 0.4) is 0 Å². The number of aromatic nitrogens is 2. The highest BCUT2D eigenvalue weighted by molar-refractivity contribution is 6.35. The molecule has 0 atom stereocenters. The van der Waals surface area contributed by atoms with E-state index in [1.54, 1.807) is 18.2 Å². The van der Waals surface area contributed by atoms with Crippen molar-refractivity contribution >= 4 is 40.9 Å². The van der Waals surface area contributed by atoms with E-state index in [-0.39, 0.29) is 12.5 Å². The van der Waals surface area contributed by atoms with Crippen LogP contribution in [0.5, 0.6) is 5.75 Å². The number of anilines is 2.